The fraction of sp³-hybridized carbons (Fsp3) is 0.250. The molecule has 0 saturated heterocycles. The molecule has 3 N–H and O–H groups in total. The summed E-state index contributed by atoms with van der Waals surface area (Å²) in [6, 6.07) is 7.96. The summed E-state index contributed by atoms with van der Waals surface area (Å²) < 4.78 is 10.8. The zero-order valence-corrected chi connectivity index (χ0v) is 12.6. The van der Waals surface area contributed by atoms with Crippen molar-refractivity contribution in [3.8, 4) is 11.8 Å². The van der Waals surface area contributed by atoms with Crippen molar-refractivity contribution >= 4 is 5.88 Å². The van der Waals surface area contributed by atoms with Crippen LogP contribution in [-0.4, -0.2) is 12.1 Å². The first-order chi connectivity index (χ1) is 10.5. The maximum atomic E-state index is 9.48. The fourth-order valence-corrected chi connectivity index (χ4v) is 2.74. The van der Waals surface area contributed by atoms with Gasteiger partial charge in [-0.3, -0.25) is 0 Å². The van der Waals surface area contributed by atoms with Gasteiger partial charge in [0.25, 0.3) is 0 Å². The lowest BCUT2D eigenvalue weighted by atomic mass is 9.86. The maximum absolute atomic E-state index is 9.48. The second-order valence-corrected chi connectivity index (χ2v) is 5.17. The van der Waals surface area contributed by atoms with Gasteiger partial charge < -0.3 is 20.2 Å². The molecule has 1 aromatic heterocycles. The lowest BCUT2D eigenvalue weighted by Crippen LogP contribution is -2.22. The molecule has 22 heavy (non-hydrogen) atoms. The summed E-state index contributed by atoms with van der Waals surface area (Å²) in [7, 11) is 1.63. The molecule has 0 bridgehead atoms. The Hall–Kier alpha value is -2.94. The molecule has 1 aliphatic heterocycles. The number of fused-ring (bicyclic) bond motifs is 1. The number of nitrogens with zero attached hydrogens (tertiary/aromatic N) is 2. The molecule has 0 spiro atoms. The van der Waals surface area contributed by atoms with Crippen molar-refractivity contribution in [1.29, 1.82) is 5.26 Å². The van der Waals surface area contributed by atoms with Crippen LogP contribution in [0, 0.1) is 25.2 Å². The van der Waals surface area contributed by atoms with E-state index in [-0.39, 0.29) is 5.92 Å². The Labute approximate surface area is 128 Å². The smallest absolute Gasteiger partial charge is 0.223 e. The van der Waals surface area contributed by atoms with Crippen LogP contribution in [-0.2, 0) is 0 Å². The number of hydrogen-bond acceptors (Lipinski definition) is 6. The lowest BCUT2D eigenvalue weighted by Gasteiger charge is -2.23. The number of allylic oxidation sites excluding steroid dienone is 1. The van der Waals surface area contributed by atoms with E-state index in [1.807, 2.05) is 25.1 Å². The Bertz CT molecular complexity index is 814. The summed E-state index contributed by atoms with van der Waals surface area (Å²) in [6.45, 7) is 3.72. The van der Waals surface area contributed by atoms with Gasteiger partial charge in [0.15, 0.2) is 5.89 Å². The molecule has 6 heteroatoms. The summed E-state index contributed by atoms with van der Waals surface area (Å²) in [6.07, 6.45) is 0. The molecule has 112 valence electrons. The zero-order chi connectivity index (χ0) is 15.9. The minimum absolute atomic E-state index is 0.296. The SMILES string of the molecule is COc1ccc(C2C(C#N)=C(N)Nc3oc(C)nc32)cc1C. The van der Waals surface area contributed by atoms with Crippen LogP contribution in [0.3, 0.4) is 0 Å². The zero-order valence-electron chi connectivity index (χ0n) is 12.6. The van der Waals surface area contributed by atoms with Crippen LogP contribution in [0.5, 0.6) is 5.75 Å². The van der Waals surface area contributed by atoms with Gasteiger partial charge >= 0.3 is 0 Å². The number of methoxy groups -OCH3 is 1. The minimum atomic E-state index is -0.344. The molecule has 0 fully saturated rings. The second-order valence-electron chi connectivity index (χ2n) is 5.17. The van der Waals surface area contributed by atoms with E-state index < -0.39 is 0 Å². The van der Waals surface area contributed by atoms with Gasteiger partial charge in [-0.1, -0.05) is 12.1 Å². The predicted molar refractivity (Wildman–Crippen MR) is 81.3 cm³/mol. The van der Waals surface area contributed by atoms with Crippen LogP contribution in [0.2, 0.25) is 0 Å². The Kier molecular flexibility index (Phi) is 3.26. The van der Waals surface area contributed by atoms with E-state index in [9.17, 15) is 5.26 Å². The number of oxazole rings is 1. The van der Waals surface area contributed by atoms with E-state index >= 15 is 0 Å². The average Bonchev–Trinajstić information content (AvgIpc) is 2.85. The van der Waals surface area contributed by atoms with Gasteiger partial charge in [-0.25, -0.2) is 4.98 Å². The van der Waals surface area contributed by atoms with Crippen molar-refractivity contribution in [3.05, 3.63) is 52.3 Å². The number of aromatic nitrogens is 1. The van der Waals surface area contributed by atoms with E-state index in [0.29, 0.717) is 28.9 Å². The number of aryl methyl sites for hydroxylation is 2. The maximum Gasteiger partial charge on any atom is 0.223 e. The molecule has 1 aromatic carbocycles. The van der Waals surface area contributed by atoms with Crippen LogP contribution in [0.4, 0.5) is 5.88 Å². The number of anilines is 1. The molecule has 0 amide bonds. The Morgan fingerprint density at radius 3 is 2.82 bits per heavy atom. The highest BCUT2D eigenvalue weighted by Crippen LogP contribution is 2.41. The van der Waals surface area contributed by atoms with E-state index in [4.69, 9.17) is 14.9 Å². The normalized spacial score (nSPS) is 16.7. The molecular formula is C16H16N4O2. The summed E-state index contributed by atoms with van der Waals surface area (Å²) in [4.78, 5) is 4.41. The third kappa shape index (κ3) is 2.07. The molecule has 3 rings (SSSR count). The largest absolute Gasteiger partial charge is 0.496 e. The van der Waals surface area contributed by atoms with Gasteiger partial charge in [0.05, 0.1) is 24.7 Å². The average molecular weight is 296 g/mol. The number of benzene rings is 1. The fourth-order valence-electron chi connectivity index (χ4n) is 2.74. The van der Waals surface area contributed by atoms with Gasteiger partial charge in [-0.2, -0.15) is 5.26 Å². The van der Waals surface area contributed by atoms with Gasteiger partial charge in [-0.05, 0) is 24.1 Å². The standard InChI is InChI=1S/C16H16N4O2/c1-8-6-10(4-5-12(8)21-3)13-11(7-17)15(18)20-16-14(13)19-9(2)22-16/h4-6,13,20H,18H2,1-3H3. The quantitative estimate of drug-likeness (QED) is 0.884. The molecule has 1 atom stereocenters. The van der Waals surface area contributed by atoms with Gasteiger partial charge in [0, 0.05) is 6.92 Å². The van der Waals surface area contributed by atoms with Crippen LogP contribution in [0.25, 0.3) is 0 Å². The first-order valence-corrected chi connectivity index (χ1v) is 6.83. The monoisotopic (exact) mass is 296 g/mol. The van der Waals surface area contributed by atoms with Crippen molar-refractivity contribution in [1.82, 2.24) is 4.98 Å². The summed E-state index contributed by atoms with van der Waals surface area (Å²) >= 11 is 0. The first kappa shape index (κ1) is 14.0. The molecule has 2 heterocycles. The summed E-state index contributed by atoms with van der Waals surface area (Å²) in [5.41, 5.74) is 8.99. The van der Waals surface area contributed by atoms with Crippen molar-refractivity contribution in [2.24, 2.45) is 5.73 Å². The molecule has 6 nitrogen and oxygen atoms in total. The lowest BCUT2D eigenvalue weighted by molar-refractivity contribution is 0.411. The molecule has 1 aliphatic rings. The van der Waals surface area contributed by atoms with Crippen LogP contribution < -0.4 is 15.8 Å². The molecule has 0 aliphatic carbocycles. The number of rotatable bonds is 2. The summed E-state index contributed by atoms with van der Waals surface area (Å²) in [5.74, 6) is 1.77. The molecule has 2 aromatic rings. The third-order valence-electron chi connectivity index (χ3n) is 3.73. The van der Waals surface area contributed by atoms with E-state index in [0.717, 1.165) is 16.9 Å². The topological polar surface area (TPSA) is 97.1 Å². The molecular weight excluding hydrogens is 280 g/mol. The molecule has 1 unspecified atom stereocenters. The van der Waals surface area contributed by atoms with Crippen LogP contribution in [0.1, 0.15) is 28.6 Å². The van der Waals surface area contributed by atoms with Crippen LogP contribution in [0.15, 0.2) is 34.0 Å². The Morgan fingerprint density at radius 1 is 1.41 bits per heavy atom. The predicted octanol–water partition coefficient (Wildman–Crippen LogP) is 2.55. The highest BCUT2D eigenvalue weighted by molar-refractivity contribution is 5.61. The number of nitriles is 1. The number of nitrogens with one attached hydrogen (secondary N) is 1. The summed E-state index contributed by atoms with van der Waals surface area (Å²) in [5, 5.41) is 12.4. The van der Waals surface area contributed by atoms with Gasteiger partial charge in [0.2, 0.25) is 5.88 Å². The minimum Gasteiger partial charge on any atom is -0.496 e. The first-order valence-electron chi connectivity index (χ1n) is 6.83. The highest BCUT2D eigenvalue weighted by Gasteiger charge is 2.33. The third-order valence-corrected chi connectivity index (χ3v) is 3.73. The second kappa shape index (κ2) is 5.11. The highest BCUT2D eigenvalue weighted by atomic mass is 16.5. The molecule has 0 saturated carbocycles. The van der Waals surface area contributed by atoms with Crippen molar-refractivity contribution in [2.75, 3.05) is 12.4 Å². The number of ether oxygens (including phenoxy) is 1. The van der Waals surface area contributed by atoms with Gasteiger partial charge in [-0.15, -0.1) is 0 Å². The van der Waals surface area contributed by atoms with Crippen molar-refractivity contribution in [2.45, 2.75) is 19.8 Å². The van der Waals surface area contributed by atoms with Crippen molar-refractivity contribution in [3.63, 3.8) is 0 Å². The van der Waals surface area contributed by atoms with Gasteiger partial charge in [0.1, 0.15) is 17.3 Å². The Morgan fingerprint density at radius 2 is 2.18 bits per heavy atom. The number of nitrogens with two attached hydrogens (primary N) is 1. The van der Waals surface area contributed by atoms with Crippen molar-refractivity contribution < 1.29 is 9.15 Å². The van der Waals surface area contributed by atoms with E-state index in [1.54, 1.807) is 14.0 Å². The van der Waals surface area contributed by atoms with Crippen LogP contribution >= 0.6 is 0 Å². The van der Waals surface area contributed by atoms with E-state index in [2.05, 4.69) is 16.4 Å². The number of hydrogen-bond donors (Lipinski definition) is 2. The van der Waals surface area contributed by atoms with E-state index in [1.165, 1.54) is 0 Å². The molecule has 0 radical (unpaired) electrons. The Balaban J connectivity index is 2.18.